The Balaban J connectivity index is 2.59. The summed E-state index contributed by atoms with van der Waals surface area (Å²) in [6.07, 6.45) is 1.33. The molecule has 3 nitrogen and oxygen atoms in total. The molecule has 1 heterocycles. The largest absolute Gasteiger partial charge is 0.480 e. The summed E-state index contributed by atoms with van der Waals surface area (Å²) in [5, 5.41) is 9.49. The number of carbonyl (C=O) groups is 1. The SMILES string of the molecule is CC[C@@H](C(=O)O)N1c2ccc(F)cc2[C@H](C)CC1(C)C. The Labute approximate surface area is 119 Å². The zero-order chi connectivity index (χ0) is 15.1. The van der Waals surface area contributed by atoms with Gasteiger partial charge in [-0.3, -0.25) is 0 Å². The molecule has 0 spiro atoms. The van der Waals surface area contributed by atoms with E-state index in [2.05, 4.69) is 20.8 Å². The van der Waals surface area contributed by atoms with Crippen LogP contribution in [-0.4, -0.2) is 22.7 Å². The summed E-state index contributed by atoms with van der Waals surface area (Å²) in [6.45, 7) is 8.05. The number of halogens is 1. The summed E-state index contributed by atoms with van der Waals surface area (Å²) in [7, 11) is 0. The maximum absolute atomic E-state index is 13.5. The Kier molecular flexibility index (Phi) is 3.76. The first kappa shape index (κ1) is 14.8. The minimum Gasteiger partial charge on any atom is -0.480 e. The van der Waals surface area contributed by atoms with Crippen LogP contribution in [0.2, 0.25) is 0 Å². The molecule has 0 amide bonds. The fraction of sp³-hybridized carbons (Fsp3) is 0.562. The summed E-state index contributed by atoms with van der Waals surface area (Å²) < 4.78 is 13.5. The average molecular weight is 279 g/mol. The number of anilines is 1. The quantitative estimate of drug-likeness (QED) is 0.915. The molecule has 2 rings (SSSR count). The lowest BCUT2D eigenvalue weighted by Crippen LogP contribution is -2.56. The molecule has 1 aromatic carbocycles. The number of benzene rings is 1. The van der Waals surface area contributed by atoms with Crippen LogP contribution >= 0.6 is 0 Å². The molecule has 1 N–H and O–H groups in total. The van der Waals surface area contributed by atoms with E-state index in [9.17, 15) is 14.3 Å². The highest BCUT2D eigenvalue weighted by Gasteiger charge is 2.41. The summed E-state index contributed by atoms with van der Waals surface area (Å²) in [4.78, 5) is 13.5. The van der Waals surface area contributed by atoms with Gasteiger partial charge in [0.1, 0.15) is 11.9 Å². The standard InChI is InChI=1S/C16H22FNO2/c1-5-13(15(19)20)18-14-7-6-11(17)8-12(14)10(2)9-16(18,3)4/h6-8,10,13H,5,9H2,1-4H3,(H,19,20)/t10-,13+/m1/s1. The van der Waals surface area contributed by atoms with Gasteiger partial charge in [0.05, 0.1) is 0 Å². The van der Waals surface area contributed by atoms with Gasteiger partial charge in [-0.25, -0.2) is 9.18 Å². The Hall–Kier alpha value is -1.58. The molecule has 0 unspecified atom stereocenters. The predicted octanol–water partition coefficient (Wildman–Crippen LogP) is 3.78. The molecule has 0 aliphatic carbocycles. The van der Waals surface area contributed by atoms with Crippen molar-refractivity contribution in [2.45, 2.75) is 58.0 Å². The topological polar surface area (TPSA) is 40.5 Å². The van der Waals surface area contributed by atoms with E-state index >= 15 is 0 Å². The zero-order valence-electron chi connectivity index (χ0n) is 12.5. The molecule has 20 heavy (non-hydrogen) atoms. The van der Waals surface area contributed by atoms with Gasteiger partial charge in [-0.15, -0.1) is 0 Å². The first-order valence-electron chi connectivity index (χ1n) is 7.09. The second-order valence-electron chi connectivity index (χ2n) is 6.25. The molecular weight excluding hydrogens is 257 g/mol. The van der Waals surface area contributed by atoms with Crippen molar-refractivity contribution < 1.29 is 14.3 Å². The van der Waals surface area contributed by atoms with Crippen LogP contribution < -0.4 is 4.90 Å². The molecule has 0 saturated heterocycles. The summed E-state index contributed by atoms with van der Waals surface area (Å²) in [5.41, 5.74) is 1.50. The van der Waals surface area contributed by atoms with Crippen molar-refractivity contribution in [3.05, 3.63) is 29.6 Å². The van der Waals surface area contributed by atoms with Crippen molar-refractivity contribution in [1.29, 1.82) is 0 Å². The molecule has 0 saturated carbocycles. The molecule has 1 aromatic rings. The molecule has 2 atom stereocenters. The lowest BCUT2D eigenvalue weighted by molar-refractivity contribution is -0.139. The Bertz CT molecular complexity index is 527. The Morgan fingerprint density at radius 2 is 2.20 bits per heavy atom. The van der Waals surface area contributed by atoms with Gasteiger partial charge in [0.15, 0.2) is 0 Å². The summed E-state index contributed by atoms with van der Waals surface area (Å²) in [5.74, 6) is -0.873. The van der Waals surface area contributed by atoms with E-state index in [-0.39, 0.29) is 17.3 Å². The smallest absolute Gasteiger partial charge is 0.326 e. The van der Waals surface area contributed by atoms with Crippen LogP contribution in [0.3, 0.4) is 0 Å². The number of nitrogens with zero attached hydrogens (tertiary/aromatic N) is 1. The van der Waals surface area contributed by atoms with Gasteiger partial charge in [-0.1, -0.05) is 13.8 Å². The molecule has 0 aromatic heterocycles. The van der Waals surface area contributed by atoms with E-state index in [1.807, 2.05) is 11.8 Å². The van der Waals surface area contributed by atoms with Crippen molar-refractivity contribution >= 4 is 11.7 Å². The second kappa shape index (κ2) is 5.08. The number of carboxylic acids is 1. The third kappa shape index (κ3) is 2.39. The van der Waals surface area contributed by atoms with Crippen LogP contribution in [0.15, 0.2) is 18.2 Å². The predicted molar refractivity (Wildman–Crippen MR) is 77.7 cm³/mol. The summed E-state index contributed by atoms with van der Waals surface area (Å²) in [6, 6.07) is 4.08. The lowest BCUT2D eigenvalue weighted by Gasteiger charge is -2.50. The summed E-state index contributed by atoms with van der Waals surface area (Å²) >= 11 is 0. The highest BCUT2D eigenvalue weighted by atomic mass is 19.1. The minimum absolute atomic E-state index is 0.221. The van der Waals surface area contributed by atoms with Crippen LogP contribution in [0, 0.1) is 5.82 Å². The maximum Gasteiger partial charge on any atom is 0.326 e. The third-order valence-corrected chi connectivity index (χ3v) is 4.22. The van der Waals surface area contributed by atoms with Gasteiger partial charge in [-0.05, 0) is 56.4 Å². The van der Waals surface area contributed by atoms with Gasteiger partial charge in [0.2, 0.25) is 0 Å². The maximum atomic E-state index is 13.5. The Morgan fingerprint density at radius 3 is 2.75 bits per heavy atom. The van der Waals surface area contributed by atoms with Crippen LogP contribution in [0.4, 0.5) is 10.1 Å². The van der Waals surface area contributed by atoms with Crippen molar-refractivity contribution in [2.75, 3.05) is 4.90 Å². The van der Waals surface area contributed by atoms with Crippen LogP contribution in [0.5, 0.6) is 0 Å². The van der Waals surface area contributed by atoms with Gasteiger partial charge in [-0.2, -0.15) is 0 Å². The number of rotatable bonds is 3. The van der Waals surface area contributed by atoms with E-state index in [4.69, 9.17) is 0 Å². The van der Waals surface area contributed by atoms with Crippen molar-refractivity contribution in [3.8, 4) is 0 Å². The molecule has 4 heteroatoms. The average Bonchev–Trinajstić information content (AvgIpc) is 2.33. The Morgan fingerprint density at radius 1 is 1.55 bits per heavy atom. The molecule has 0 radical (unpaired) electrons. The molecule has 1 aliphatic rings. The van der Waals surface area contributed by atoms with Crippen LogP contribution in [0.1, 0.15) is 52.0 Å². The van der Waals surface area contributed by atoms with E-state index in [1.54, 1.807) is 6.07 Å². The monoisotopic (exact) mass is 279 g/mol. The van der Waals surface area contributed by atoms with Crippen LogP contribution in [-0.2, 0) is 4.79 Å². The number of carboxylic acid groups (broad SMARTS) is 1. The fourth-order valence-electron chi connectivity index (χ4n) is 3.48. The third-order valence-electron chi connectivity index (χ3n) is 4.22. The molecular formula is C16H22FNO2. The molecule has 110 valence electrons. The second-order valence-corrected chi connectivity index (χ2v) is 6.25. The van der Waals surface area contributed by atoms with Crippen molar-refractivity contribution in [2.24, 2.45) is 0 Å². The van der Waals surface area contributed by atoms with E-state index < -0.39 is 12.0 Å². The highest BCUT2D eigenvalue weighted by Crippen LogP contribution is 2.44. The minimum atomic E-state index is -0.828. The van der Waals surface area contributed by atoms with Crippen molar-refractivity contribution in [1.82, 2.24) is 0 Å². The zero-order valence-corrected chi connectivity index (χ0v) is 12.5. The van der Waals surface area contributed by atoms with Gasteiger partial charge in [0, 0.05) is 11.2 Å². The first-order valence-corrected chi connectivity index (χ1v) is 7.09. The van der Waals surface area contributed by atoms with Crippen molar-refractivity contribution in [3.63, 3.8) is 0 Å². The number of aliphatic carboxylic acids is 1. The van der Waals surface area contributed by atoms with Gasteiger partial charge < -0.3 is 10.0 Å². The highest BCUT2D eigenvalue weighted by molar-refractivity contribution is 5.80. The van der Waals surface area contributed by atoms with Gasteiger partial charge in [0.25, 0.3) is 0 Å². The van der Waals surface area contributed by atoms with Gasteiger partial charge >= 0.3 is 5.97 Å². The molecule has 0 bridgehead atoms. The van der Waals surface area contributed by atoms with Crippen LogP contribution in [0.25, 0.3) is 0 Å². The number of hydrogen-bond acceptors (Lipinski definition) is 2. The molecule has 1 aliphatic heterocycles. The number of fused-ring (bicyclic) bond motifs is 1. The fourth-order valence-corrected chi connectivity index (χ4v) is 3.48. The van der Waals surface area contributed by atoms with E-state index in [0.29, 0.717) is 6.42 Å². The van der Waals surface area contributed by atoms with E-state index in [0.717, 1.165) is 17.7 Å². The lowest BCUT2D eigenvalue weighted by atomic mass is 9.79. The first-order chi connectivity index (χ1) is 9.27. The number of hydrogen-bond donors (Lipinski definition) is 1. The normalized spacial score (nSPS) is 22.2. The van der Waals surface area contributed by atoms with E-state index in [1.165, 1.54) is 12.1 Å². The molecule has 0 fully saturated rings.